The summed E-state index contributed by atoms with van der Waals surface area (Å²) in [5, 5.41) is 3.43. The zero-order chi connectivity index (χ0) is 12.1. The summed E-state index contributed by atoms with van der Waals surface area (Å²) in [6.07, 6.45) is 5.47. The zero-order valence-electron chi connectivity index (χ0n) is 11.2. The van der Waals surface area contributed by atoms with Crippen molar-refractivity contribution in [2.45, 2.75) is 51.4 Å². The number of hydrogen-bond acceptors (Lipinski definition) is 1. The lowest BCUT2D eigenvalue weighted by atomic mass is 9.76. The third-order valence-corrected chi connectivity index (χ3v) is 4.08. The number of nitrogens with one attached hydrogen (secondary N) is 1. The van der Waals surface area contributed by atoms with Gasteiger partial charge in [-0.1, -0.05) is 44.5 Å². The summed E-state index contributed by atoms with van der Waals surface area (Å²) in [4.78, 5) is 0. The first-order valence-corrected chi connectivity index (χ1v) is 7.12. The highest BCUT2D eigenvalue weighted by Gasteiger charge is 2.23. The molecule has 94 valence electrons. The van der Waals surface area contributed by atoms with Crippen LogP contribution in [-0.4, -0.2) is 13.1 Å². The van der Waals surface area contributed by atoms with E-state index in [0.29, 0.717) is 5.92 Å². The molecule has 1 unspecified atom stereocenters. The fourth-order valence-corrected chi connectivity index (χ4v) is 2.70. The summed E-state index contributed by atoms with van der Waals surface area (Å²) >= 11 is 0. The Bertz CT molecular complexity index is 341. The lowest BCUT2D eigenvalue weighted by Gasteiger charge is -2.29. The van der Waals surface area contributed by atoms with Crippen LogP contribution >= 0.6 is 0 Å². The van der Waals surface area contributed by atoms with Gasteiger partial charge in [-0.05, 0) is 55.3 Å². The van der Waals surface area contributed by atoms with Gasteiger partial charge in [-0.15, -0.1) is 0 Å². The van der Waals surface area contributed by atoms with Gasteiger partial charge in [0.25, 0.3) is 0 Å². The molecule has 1 saturated carbocycles. The molecule has 1 atom stereocenters. The fraction of sp³-hybridized carbons (Fsp3) is 0.625. The smallest absolute Gasteiger partial charge is 0.00433 e. The Morgan fingerprint density at radius 1 is 1.29 bits per heavy atom. The van der Waals surface area contributed by atoms with Gasteiger partial charge in [-0.25, -0.2) is 0 Å². The van der Waals surface area contributed by atoms with Gasteiger partial charge in [0.15, 0.2) is 0 Å². The summed E-state index contributed by atoms with van der Waals surface area (Å²) in [5.74, 6) is 1.54. The predicted octanol–water partition coefficient (Wildman–Crippen LogP) is 4.06. The molecular weight excluding hydrogens is 206 g/mol. The van der Waals surface area contributed by atoms with Gasteiger partial charge in [0, 0.05) is 0 Å². The molecule has 0 amide bonds. The molecule has 1 aliphatic carbocycles. The third-order valence-electron chi connectivity index (χ3n) is 4.08. The maximum absolute atomic E-state index is 3.43. The second-order valence-corrected chi connectivity index (χ2v) is 5.30. The number of rotatable bonds is 6. The summed E-state index contributed by atoms with van der Waals surface area (Å²) < 4.78 is 0. The minimum absolute atomic E-state index is 0.686. The van der Waals surface area contributed by atoms with Gasteiger partial charge >= 0.3 is 0 Å². The van der Waals surface area contributed by atoms with Crippen LogP contribution in [0.1, 0.15) is 62.5 Å². The average molecular weight is 231 g/mol. The molecule has 0 bridgehead atoms. The normalized spacial score (nSPS) is 17.8. The monoisotopic (exact) mass is 231 g/mol. The molecule has 1 N–H and O–H groups in total. The van der Waals surface area contributed by atoms with Crippen LogP contribution in [0.15, 0.2) is 24.3 Å². The third kappa shape index (κ3) is 3.10. The molecule has 1 fully saturated rings. The van der Waals surface area contributed by atoms with Crippen molar-refractivity contribution in [3.05, 3.63) is 35.4 Å². The van der Waals surface area contributed by atoms with Crippen LogP contribution in [0.2, 0.25) is 0 Å². The van der Waals surface area contributed by atoms with E-state index in [2.05, 4.69) is 43.4 Å². The van der Waals surface area contributed by atoms with Gasteiger partial charge in [-0.3, -0.25) is 0 Å². The topological polar surface area (TPSA) is 12.0 Å². The highest BCUT2D eigenvalue weighted by atomic mass is 14.8. The van der Waals surface area contributed by atoms with Crippen molar-refractivity contribution in [1.29, 1.82) is 0 Å². The van der Waals surface area contributed by atoms with Crippen molar-refractivity contribution in [2.75, 3.05) is 13.1 Å². The van der Waals surface area contributed by atoms with E-state index in [1.165, 1.54) is 25.7 Å². The molecule has 1 aliphatic rings. The highest BCUT2D eigenvalue weighted by molar-refractivity contribution is 5.34. The molecule has 0 aromatic heterocycles. The molecule has 2 rings (SSSR count). The van der Waals surface area contributed by atoms with Crippen molar-refractivity contribution >= 4 is 0 Å². The molecule has 0 radical (unpaired) electrons. The van der Waals surface area contributed by atoms with Crippen LogP contribution in [0.3, 0.4) is 0 Å². The Balaban J connectivity index is 2.02. The fourth-order valence-electron chi connectivity index (χ4n) is 2.70. The summed E-state index contributed by atoms with van der Waals surface area (Å²) in [6.45, 7) is 6.76. The van der Waals surface area contributed by atoms with Crippen molar-refractivity contribution in [3.8, 4) is 0 Å². The van der Waals surface area contributed by atoms with E-state index in [4.69, 9.17) is 0 Å². The Morgan fingerprint density at radius 2 is 2.06 bits per heavy atom. The molecule has 0 saturated heterocycles. The van der Waals surface area contributed by atoms with Gasteiger partial charge < -0.3 is 5.32 Å². The van der Waals surface area contributed by atoms with Gasteiger partial charge in [0.05, 0.1) is 0 Å². The minimum atomic E-state index is 0.686. The number of benzene rings is 1. The van der Waals surface area contributed by atoms with Crippen molar-refractivity contribution in [2.24, 2.45) is 0 Å². The summed E-state index contributed by atoms with van der Waals surface area (Å²) in [5.41, 5.74) is 3.22. The Kier molecular flexibility index (Phi) is 4.61. The minimum Gasteiger partial charge on any atom is -0.317 e. The van der Waals surface area contributed by atoms with Crippen molar-refractivity contribution in [3.63, 3.8) is 0 Å². The van der Waals surface area contributed by atoms with E-state index in [0.717, 1.165) is 19.0 Å². The maximum Gasteiger partial charge on any atom is -0.00433 e. The Labute approximate surface area is 106 Å². The van der Waals surface area contributed by atoms with E-state index in [9.17, 15) is 0 Å². The van der Waals surface area contributed by atoms with Crippen LogP contribution in [0, 0.1) is 0 Å². The molecular formula is C16H25N. The van der Waals surface area contributed by atoms with Crippen LogP contribution in [0.5, 0.6) is 0 Å². The lowest BCUT2D eigenvalue weighted by molar-refractivity contribution is 0.414. The summed E-state index contributed by atoms with van der Waals surface area (Å²) in [6, 6.07) is 9.09. The molecule has 0 aliphatic heterocycles. The SMILES string of the molecule is CCNCCC(C)c1ccccc1C1CCC1. The van der Waals surface area contributed by atoms with E-state index in [1.807, 2.05) is 0 Å². The summed E-state index contributed by atoms with van der Waals surface area (Å²) in [7, 11) is 0. The molecule has 1 heteroatoms. The molecule has 1 aromatic rings. The van der Waals surface area contributed by atoms with Crippen LogP contribution in [-0.2, 0) is 0 Å². The van der Waals surface area contributed by atoms with Gasteiger partial charge in [0.1, 0.15) is 0 Å². The predicted molar refractivity (Wildman–Crippen MR) is 74.6 cm³/mol. The first-order chi connectivity index (χ1) is 8.33. The molecule has 0 heterocycles. The standard InChI is InChI=1S/C16H25N/c1-3-17-12-11-13(2)15-9-4-5-10-16(15)14-7-6-8-14/h4-5,9-10,13-14,17H,3,6-8,11-12H2,1-2H3. The average Bonchev–Trinajstić information content (AvgIpc) is 2.28. The van der Waals surface area contributed by atoms with Gasteiger partial charge in [-0.2, -0.15) is 0 Å². The van der Waals surface area contributed by atoms with Gasteiger partial charge in [0.2, 0.25) is 0 Å². The van der Waals surface area contributed by atoms with E-state index >= 15 is 0 Å². The van der Waals surface area contributed by atoms with Crippen LogP contribution < -0.4 is 5.32 Å². The second kappa shape index (κ2) is 6.20. The Morgan fingerprint density at radius 3 is 2.71 bits per heavy atom. The second-order valence-electron chi connectivity index (χ2n) is 5.30. The van der Waals surface area contributed by atoms with Crippen molar-refractivity contribution in [1.82, 2.24) is 5.32 Å². The quantitative estimate of drug-likeness (QED) is 0.728. The van der Waals surface area contributed by atoms with Crippen LogP contribution in [0.25, 0.3) is 0 Å². The van der Waals surface area contributed by atoms with Crippen LogP contribution in [0.4, 0.5) is 0 Å². The van der Waals surface area contributed by atoms with Crippen molar-refractivity contribution < 1.29 is 0 Å². The largest absolute Gasteiger partial charge is 0.317 e. The first-order valence-electron chi connectivity index (χ1n) is 7.12. The molecule has 1 nitrogen and oxygen atoms in total. The maximum atomic E-state index is 3.43. The van der Waals surface area contributed by atoms with E-state index in [1.54, 1.807) is 11.1 Å². The highest BCUT2D eigenvalue weighted by Crippen LogP contribution is 2.40. The molecule has 17 heavy (non-hydrogen) atoms. The zero-order valence-corrected chi connectivity index (χ0v) is 11.2. The number of hydrogen-bond donors (Lipinski definition) is 1. The van der Waals surface area contributed by atoms with E-state index < -0.39 is 0 Å². The Hall–Kier alpha value is -0.820. The lowest BCUT2D eigenvalue weighted by Crippen LogP contribution is -2.17. The first kappa shape index (κ1) is 12.6. The molecule has 1 aromatic carbocycles. The van der Waals surface area contributed by atoms with E-state index in [-0.39, 0.29) is 0 Å². The molecule has 0 spiro atoms.